The van der Waals surface area contributed by atoms with Crippen molar-refractivity contribution in [2.75, 3.05) is 53.1 Å². The Morgan fingerprint density at radius 3 is 2.79 bits per heavy atom. The molecule has 1 fully saturated rings. The number of ether oxygens (including phenoxy) is 3. The maximum absolute atomic E-state index is 5.77. The van der Waals surface area contributed by atoms with E-state index in [1.807, 2.05) is 6.07 Å². The first-order valence-electron chi connectivity index (χ1n) is 8.74. The summed E-state index contributed by atoms with van der Waals surface area (Å²) in [5.41, 5.74) is 1.19. The van der Waals surface area contributed by atoms with Crippen molar-refractivity contribution in [3.8, 4) is 11.5 Å². The van der Waals surface area contributed by atoms with Gasteiger partial charge in [-0.3, -0.25) is 4.90 Å². The fourth-order valence-electron chi connectivity index (χ4n) is 2.70. The Labute approximate surface area is 153 Å². The molecule has 5 nitrogen and oxygen atoms in total. The first-order chi connectivity index (χ1) is 11.7. The largest absolute Gasteiger partial charge is 0.493 e. The average Bonchev–Trinajstić information content (AvgIpc) is 2.61. The Morgan fingerprint density at radius 1 is 1.29 bits per heavy atom. The molecule has 1 aliphatic rings. The molecular weight excluding hydrogens is 372 g/mol. The summed E-state index contributed by atoms with van der Waals surface area (Å²) in [6.45, 7) is 9.60. The van der Waals surface area contributed by atoms with Crippen LogP contribution in [0, 0.1) is 0 Å². The molecule has 0 aromatic heterocycles. The highest BCUT2D eigenvalue weighted by Crippen LogP contribution is 2.36. The maximum atomic E-state index is 5.77. The number of nitrogens with one attached hydrogen (secondary N) is 1. The highest BCUT2D eigenvalue weighted by Gasteiger charge is 2.12. The second-order valence-electron chi connectivity index (χ2n) is 5.94. The molecule has 1 heterocycles. The van der Waals surface area contributed by atoms with E-state index in [-0.39, 0.29) is 0 Å². The molecule has 1 saturated heterocycles. The third kappa shape index (κ3) is 6.24. The van der Waals surface area contributed by atoms with E-state index in [2.05, 4.69) is 39.1 Å². The van der Waals surface area contributed by atoms with Gasteiger partial charge in [0.25, 0.3) is 0 Å². The molecule has 0 spiro atoms. The fraction of sp³-hybridized carbons (Fsp3) is 0.667. The van der Waals surface area contributed by atoms with Gasteiger partial charge in [0, 0.05) is 19.6 Å². The van der Waals surface area contributed by atoms with Crippen molar-refractivity contribution in [1.82, 2.24) is 10.2 Å². The van der Waals surface area contributed by atoms with Gasteiger partial charge >= 0.3 is 0 Å². The van der Waals surface area contributed by atoms with E-state index in [9.17, 15) is 0 Å². The minimum Gasteiger partial charge on any atom is -0.493 e. The lowest BCUT2D eigenvalue weighted by Gasteiger charge is -2.26. The third-order valence-electron chi connectivity index (χ3n) is 4.00. The normalized spacial score (nSPS) is 15.5. The maximum Gasteiger partial charge on any atom is 0.175 e. The average molecular weight is 401 g/mol. The highest BCUT2D eigenvalue weighted by molar-refractivity contribution is 9.10. The van der Waals surface area contributed by atoms with Gasteiger partial charge in [0.05, 0.1) is 31.4 Å². The molecule has 0 radical (unpaired) electrons. The molecule has 2 rings (SSSR count). The summed E-state index contributed by atoms with van der Waals surface area (Å²) in [6, 6.07) is 4.15. The van der Waals surface area contributed by atoms with Crippen LogP contribution in [0.15, 0.2) is 16.6 Å². The zero-order valence-electron chi connectivity index (χ0n) is 14.8. The van der Waals surface area contributed by atoms with Crippen LogP contribution in [-0.2, 0) is 11.3 Å². The Morgan fingerprint density at radius 2 is 2.08 bits per heavy atom. The molecule has 0 bridgehead atoms. The predicted octanol–water partition coefficient (Wildman–Crippen LogP) is 3.06. The minimum absolute atomic E-state index is 0.689. The van der Waals surface area contributed by atoms with Crippen molar-refractivity contribution in [2.45, 2.75) is 26.3 Å². The Balaban J connectivity index is 1.76. The topological polar surface area (TPSA) is 43.0 Å². The van der Waals surface area contributed by atoms with Crippen molar-refractivity contribution in [3.63, 3.8) is 0 Å². The molecule has 24 heavy (non-hydrogen) atoms. The molecule has 6 heteroatoms. The van der Waals surface area contributed by atoms with E-state index in [1.54, 1.807) is 7.11 Å². The van der Waals surface area contributed by atoms with Crippen LogP contribution < -0.4 is 14.8 Å². The molecule has 0 amide bonds. The van der Waals surface area contributed by atoms with Crippen molar-refractivity contribution >= 4 is 15.9 Å². The van der Waals surface area contributed by atoms with Gasteiger partial charge in [0.1, 0.15) is 0 Å². The van der Waals surface area contributed by atoms with E-state index in [1.165, 1.54) is 5.56 Å². The molecule has 1 aromatic rings. The molecule has 1 aromatic carbocycles. The predicted molar refractivity (Wildman–Crippen MR) is 100 cm³/mol. The number of methoxy groups -OCH3 is 1. The Hall–Kier alpha value is -0.820. The van der Waals surface area contributed by atoms with Crippen molar-refractivity contribution in [1.29, 1.82) is 0 Å². The quantitative estimate of drug-likeness (QED) is 0.611. The standard InChI is InChI=1S/C18H29BrN2O3/c1-3-9-24-18-16(19)12-15(13-17(18)22-2)14-20-5-4-6-21-7-10-23-11-8-21/h12-13,20H,3-11,14H2,1-2H3. The molecule has 0 atom stereocenters. The Kier molecular flexibility index (Phi) is 8.88. The van der Waals surface area contributed by atoms with Gasteiger partial charge in [-0.2, -0.15) is 0 Å². The number of morpholine rings is 1. The van der Waals surface area contributed by atoms with Crippen LogP contribution in [0.3, 0.4) is 0 Å². The lowest BCUT2D eigenvalue weighted by molar-refractivity contribution is 0.0374. The molecule has 0 unspecified atom stereocenters. The van der Waals surface area contributed by atoms with Crippen LogP contribution >= 0.6 is 15.9 Å². The molecule has 0 aliphatic carbocycles. The number of hydrogen-bond donors (Lipinski definition) is 1. The highest BCUT2D eigenvalue weighted by atomic mass is 79.9. The van der Waals surface area contributed by atoms with Gasteiger partial charge in [0.2, 0.25) is 0 Å². The summed E-state index contributed by atoms with van der Waals surface area (Å²) >= 11 is 3.59. The fourth-order valence-corrected chi connectivity index (χ4v) is 3.31. The van der Waals surface area contributed by atoms with Gasteiger partial charge in [-0.25, -0.2) is 0 Å². The molecular formula is C18H29BrN2O3. The van der Waals surface area contributed by atoms with Crippen molar-refractivity contribution < 1.29 is 14.2 Å². The Bertz CT molecular complexity index is 493. The van der Waals surface area contributed by atoms with Crippen LogP contribution in [0.2, 0.25) is 0 Å². The first kappa shape index (κ1) is 19.5. The summed E-state index contributed by atoms with van der Waals surface area (Å²) in [5.74, 6) is 1.57. The van der Waals surface area contributed by atoms with Crippen LogP contribution in [0.1, 0.15) is 25.3 Å². The number of hydrogen-bond acceptors (Lipinski definition) is 5. The van der Waals surface area contributed by atoms with Crippen molar-refractivity contribution in [3.05, 3.63) is 22.2 Å². The van der Waals surface area contributed by atoms with E-state index in [0.29, 0.717) is 6.61 Å². The van der Waals surface area contributed by atoms with E-state index in [0.717, 1.165) is 74.8 Å². The summed E-state index contributed by atoms with van der Waals surface area (Å²) in [4.78, 5) is 2.46. The number of rotatable bonds is 10. The number of nitrogens with zero attached hydrogens (tertiary/aromatic N) is 1. The lowest BCUT2D eigenvalue weighted by atomic mass is 10.2. The molecule has 1 aliphatic heterocycles. The van der Waals surface area contributed by atoms with E-state index >= 15 is 0 Å². The first-order valence-corrected chi connectivity index (χ1v) is 9.54. The molecule has 136 valence electrons. The number of benzene rings is 1. The van der Waals surface area contributed by atoms with E-state index in [4.69, 9.17) is 14.2 Å². The third-order valence-corrected chi connectivity index (χ3v) is 4.59. The minimum atomic E-state index is 0.689. The smallest absolute Gasteiger partial charge is 0.175 e. The van der Waals surface area contributed by atoms with Gasteiger partial charge in [0.15, 0.2) is 11.5 Å². The van der Waals surface area contributed by atoms with Gasteiger partial charge in [-0.15, -0.1) is 0 Å². The van der Waals surface area contributed by atoms with Gasteiger partial charge in [-0.05, 0) is 59.6 Å². The zero-order chi connectivity index (χ0) is 17.2. The summed E-state index contributed by atoms with van der Waals surface area (Å²) in [6.07, 6.45) is 2.12. The lowest BCUT2D eigenvalue weighted by Crippen LogP contribution is -2.37. The summed E-state index contributed by atoms with van der Waals surface area (Å²) < 4.78 is 17.5. The number of halogens is 1. The van der Waals surface area contributed by atoms with Crippen LogP contribution in [0.25, 0.3) is 0 Å². The molecule has 1 N–H and O–H groups in total. The summed E-state index contributed by atoms with van der Waals surface area (Å²) in [5, 5.41) is 3.51. The van der Waals surface area contributed by atoms with Crippen LogP contribution in [0.4, 0.5) is 0 Å². The molecule has 0 saturated carbocycles. The van der Waals surface area contributed by atoms with E-state index < -0.39 is 0 Å². The monoisotopic (exact) mass is 400 g/mol. The van der Waals surface area contributed by atoms with Gasteiger partial charge < -0.3 is 19.5 Å². The second-order valence-corrected chi connectivity index (χ2v) is 6.80. The summed E-state index contributed by atoms with van der Waals surface area (Å²) in [7, 11) is 1.68. The van der Waals surface area contributed by atoms with Crippen LogP contribution in [-0.4, -0.2) is 58.0 Å². The zero-order valence-corrected chi connectivity index (χ0v) is 16.4. The SMILES string of the molecule is CCCOc1c(Br)cc(CNCCCN2CCOCC2)cc1OC. The van der Waals surface area contributed by atoms with Crippen molar-refractivity contribution in [2.24, 2.45) is 0 Å². The van der Waals surface area contributed by atoms with Crippen LogP contribution in [0.5, 0.6) is 11.5 Å². The van der Waals surface area contributed by atoms with Gasteiger partial charge in [-0.1, -0.05) is 6.92 Å². The second kappa shape index (κ2) is 10.9.